The molecule has 4 rings (SSSR count). The van der Waals surface area contributed by atoms with Crippen molar-refractivity contribution in [2.75, 3.05) is 27.7 Å². The fourth-order valence-electron chi connectivity index (χ4n) is 4.71. The molecule has 3 aromatic carbocycles. The number of benzene rings is 3. The van der Waals surface area contributed by atoms with E-state index in [1.165, 1.54) is 35.1 Å². The highest BCUT2D eigenvalue weighted by Crippen LogP contribution is 2.40. The third-order valence-electron chi connectivity index (χ3n) is 6.44. The molecule has 0 aliphatic heterocycles. The predicted molar refractivity (Wildman–Crippen MR) is 135 cm³/mol. The van der Waals surface area contributed by atoms with Crippen LogP contribution >= 0.6 is 12.4 Å². The highest BCUT2D eigenvalue weighted by Gasteiger charge is 2.29. The molecule has 2 atom stereocenters. The largest absolute Gasteiger partial charge is 0.376 e. The number of rotatable bonds is 7. The lowest BCUT2D eigenvalue weighted by Gasteiger charge is -2.33. The minimum absolute atomic E-state index is 0. The number of methoxy groups -OCH3 is 1. The second-order valence-corrected chi connectivity index (χ2v) is 8.78. The minimum Gasteiger partial charge on any atom is -0.376 e. The molecular formula is C28H32ClNO2. The van der Waals surface area contributed by atoms with Crippen molar-refractivity contribution in [3.63, 3.8) is 0 Å². The Kier molecular flexibility index (Phi) is 8.25. The van der Waals surface area contributed by atoms with Gasteiger partial charge in [0, 0.05) is 12.7 Å². The first kappa shape index (κ1) is 24.2. The van der Waals surface area contributed by atoms with Crippen LogP contribution in [0.5, 0.6) is 0 Å². The normalized spacial score (nSPS) is 17.5. The molecule has 0 heterocycles. The third kappa shape index (κ3) is 5.29. The van der Waals surface area contributed by atoms with Gasteiger partial charge in [-0.2, -0.15) is 0 Å². The van der Waals surface area contributed by atoms with Crippen LogP contribution in [0.4, 0.5) is 0 Å². The average molecular weight is 450 g/mol. The summed E-state index contributed by atoms with van der Waals surface area (Å²) in [5.41, 5.74) is 8.10. The average Bonchev–Trinajstić information content (AvgIpc) is 2.82. The maximum absolute atomic E-state index is 11.1. The number of hydrogen-bond donors (Lipinski definition) is 0. The molecule has 2 unspecified atom stereocenters. The van der Waals surface area contributed by atoms with Gasteiger partial charge in [0.1, 0.15) is 6.29 Å². The van der Waals surface area contributed by atoms with Crippen LogP contribution in [0.15, 0.2) is 66.7 Å². The van der Waals surface area contributed by atoms with Gasteiger partial charge in [-0.25, -0.2) is 0 Å². The van der Waals surface area contributed by atoms with Crippen molar-refractivity contribution >= 4 is 18.7 Å². The van der Waals surface area contributed by atoms with Crippen LogP contribution in [-0.2, 0) is 11.2 Å². The van der Waals surface area contributed by atoms with Gasteiger partial charge in [-0.3, -0.25) is 4.79 Å². The number of halogens is 1. The maximum atomic E-state index is 11.1. The Morgan fingerprint density at radius 2 is 1.59 bits per heavy atom. The molecule has 32 heavy (non-hydrogen) atoms. The van der Waals surface area contributed by atoms with Crippen LogP contribution in [0.1, 0.15) is 40.4 Å². The topological polar surface area (TPSA) is 29.5 Å². The van der Waals surface area contributed by atoms with Crippen LogP contribution in [-0.4, -0.2) is 38.9 Å². The van der Waals surface area contributed by atoms with Gasteiger partial charge in [-0.05, 0) is 85.3 Å². The molecule has 0 spiro atoms. The van der Waals surface area contributed by atoms with E-state index >= 15 is 0 Å². The molecule has 0 fully saturated rings. The highest BCUT2D eigenvalue weighted by atomic mass is 35.5. The molecule has 0 radical (unpaired) electrons. The summed E-state index contributed by atoms with van der Waals surface area (Å²) < 4.78 is 5.95. The minimum atomic E-state index is 0. The molecule has 0 aromatic heterocycles. The zero-order valence-electron chi connectivity index (χ0n) is 19.1. The Morgan fingerprint density at radius 1 is 0.938 bits per heavy atom. The van der Waals surface area contributed by atoms with Crippen LogP contribution in [0.2, 0.25) is 0 Å². The predicted octanol–water partition coefficient (Wildman–Crippen LogP) is 6.46. The van der Waals surface area contributed by atoms with E-state index in [2.05, 4.69) is 61.5 Å². The van der Waals surface area contributed by atoms with E-state index in [0.29, 0.717) is 11.5 Å². The molecule has 0 saturated carbocycles. The van der Waals surface area contributed by atoms with Crippen molar-refractivity contribution < 1.29 is 9.53 Å². The Morgan fingerprint density at radius 3 is 2.22 bits per heavy atom. The van der Waals surface area contributed by atoms with Crippen molar-refractivity contribution in [3.8, 4) is 22.3 Å². The molecule has 0 amide bonds. The fraction of sp³-hybridized carbons (Fsp3) is 0.321. The van der Waals surface area contributed by atoms with E-state index in [4.69, 9.17) is 4.74 Å². The summed E-state index contributed by atoms with van der Waals surface area (Å²) in [6.07, 6.45) is 4.53. The summed E-state index contributed by atoms with van der Waals surface area (Å²) in [7, 11) is 6.11. The summed E-state index contributed by atoms with van der Waals surface area (Å²) in [6.45, 7) is 1.10. The van der Waals surface area contributed by atoms with Gasteiger partial charge in [0.2, 0.25) is 0 Å². The first-order chi connectivity index (χ1) is 15.1. The van der Waals surface area contributed by atoms with E-state index in [1.807, 2.05) is 31.4 Å². The fourth-order valence-corrected chi connectivity index (χ4v) is 4.71. The van der Waals surface area contributed by atoms with E-state index in [0.717, 1.165) is 30.4 Å². The number of carbonyl (C=O) groups excluding carboxylic acids is 1. The van der Waals surface area contributed by atoms with Crippen molar-refractivity contribution in [1.82, 2.24) is 4.90 Å². The Balaban J connectivity index is 0.00000289. The quantitative estimate of drug-likeness (QED) is 0.388. The second kappa shape index (κ2) is 10.9. The van der Waals surface area contributed by atoms with Crippen LogP contribution in [0.3, 0.4) is 0 Å². The standard InChI is InChI=1S/C28H31NO2.ClH/c1-29(2)16-15-23-11-12-26-18-25(13-14-27(26)28(23)31-3)22-9-7-21(8-10-22)24-6-4-5-20(17-24)19-30;/h4-10,13-14,17-19,23,28H,11-12,15-16H2,1-3H3;1H. The van der Waals surface area contributed by atoms with Crippen molar-refractivity contribution in [1.29, 1.82) is 0 Å². The van der Waals surface area contributed by atoms with E-state index in [1.54, 1.807) is 0 Å². The van der Waals surface area contributed by atoms with E-state index in [9.17, 15) is 4.79 Å². The maximum Gasteiger partial charge on any atom is 0.150 e. The highest BCUT2D eigenvalue weighted by molar-refractivity contribution is 5.85. The smallest absolute Gasteiger partial charge is 0.150 e. The lowest BCUT2D eigenvalue weighted by Crippen LogP contribution is -2.26. The molecule has 3 nitrogen and oxygen atoms in total. The Labute approximate surface area is 197 Å². The van der Waals surface area contributed by atoms with Crippen LogP contribution < -0.4 is 0 Å². The lowest BCUT2D eigenvalue weighted by molar-refractivity contribution is 0.0343. The van der Waals surface area contributed by atoms with E-state index in [-0.39, 0.29) is 18.5 Å². The Hall–Kier alpha value is -2.46. The Bertz CT molecular complexity index is 1050. The summed E-state index contributed by atoms with van der Waals surface area (Å²) >= 11 is 0. The van der Waals surface area contributed by atoms with Crippen molar-refractivity contribution in [3.05, 3.63) is 83.4 Å². The van der Waals surface area contributed by atoms with Gasteiger partial charge in [0.25, 0.3) is 0 Å². The van der Waals surface area contributed by atoms with Gasteiger partial charge in [0.15, 0.2) is 0 Å². The molecule has 0 saturated heterocycles. The van der Waals surface area contributed by atoms with Gasteiger partial charge < -0.3 is 9.64 Å². The summed E-state index contributed by atoms with van der Waals surface area (Å²) in [4.78, 5) is 13.3. The van der Waals surface area contributed by atoms with Gasteiger partial charge in [-0.1, -0.05) is 60.7 Å². The molecule has 0 bridgehead atoms. The molecule has 4 heteroatoms. The SMILES string of the molecule is COC1c2ccc(-c3ccc(-c4cccc(C=O)c4)cc3)cc2CCC1CCN(C)C.Cl. The number of carbonyl (C=O) groups is 1. The van der Waals surface area contributed by atoms with Gasteiger partial charge in [-0.15, -0.1) is 12.4 Å². The van der Waals surface area contributed by atoms with Crippen LogP contribution in [0, 0.1) is 5.92 Å². The van der Waals surface area contributed by atoms with Crippen LogP contribution in [0.25, 0.3) is 22.3 Å². The van der Waals surface area contributed by atoms with E-state index < -0.39 is 0 Å². The van der Waals surface area contributed by atoms with Gasteiger partial charge in [0.05, 0.1) is 6.10 Å². The molecule has 1 aliphatic carbocycles. The summed E-state index contributed by atoms with van der Waals surface area (Å²) in [6, 6.07) is 23.2. The number of hydrogen-bond acceptors (Lipinski definition) is 3. The molecule has 168 valence electrons. The second-order valence-electron chi connectivity index (χ2n) is 8.78. The molecule has 0 N–H and O–H groups in total. The van der Waals surface area contributed by atoms with Crippen molar-refractivity contribution in [2.45, 2.75) is 25.4 Å². The zero-order chi connectivity index (χ0) is 21.8. The number of aldehydes is 1. The summed E-state index contributed by atoms with van der Waals surface area (Å²) in [5.74, 6) is 0.576. The number of ether oxygens (including phenoxy) is 1. The molecule has 1 aliphatic rings. The number of aryl methyl sites for hydroxylation is 1. The first-order valence-electron chi connectivity index (χ1n) is 11.1. The summed E-state index contributed by atoms with van der Waals surface area (Å²) in [5, 5.41) is 0. The number of nitrogens with zero attached hydrogens (tertiary/aromatic N) is 1. The monoisotopic (exact) mass is 449 g/mol. The van der Waals surface area contributed by atoms with Crippen molar-refractivity contribution in [2.24, 2.45) is 5.92 Å². The molecular weight excluding hydrogens is 418 g/mol. The van der Waals surface area contributed by atoms with Gasteiger partial charge >= 0.3 is 0 Å². The number of fused-ring (bicyclic) bond motifs is 1. The molecule has 3 aromatic rings. The first-order valence-corrected chi connectivity index (χ1v) is 11.1. The lowest BCUT2D eigenvalue weighted by atomic mass is 9.78. The zero-order valence-corrected chi connectivity index (χ0v) is 19.9. The third-order valence-corrected chi connectivity index (χ3v) is 6.44.